The van der Waals surface area contributed by atoms with E-state index in [0.717, 1.165) is 0 Å². The lowest BCUT2D eigenvalue weighted by Crippen LogP contribution is -2.25. The van der Waals surface area contributed by atoms with E-state index in [1.54, 1.807) is 13.8 Å². The Morgan fingerprint density at radius 2 is 1.78 bits per heavy atom. The molecule has 1 unspecified atom stereocenters. The molecule has 0 aliphatic carbocycles. The average molecular weight is 306 g/mol. The zero-order valence-electron chi connectivity index (χ0n) is 9.80. The quantitative estimate of drug-likeness (QED) is 0.901. The van der Waals surface area contributed by atoms with Gasteiger partial charge >= 0.3 is 0 Å². The molecule has 0 radical (unpaired) electrons. The largest absolute Gasteiger partial charge is 0.322 e. The second-order valence-electron chi connectivity index (χ2n) is 4.08. The van der Waals surface area contributed by atoms with Crippen LogP contribution in [0.15, 0.2) is 12.1 Å². The van der Waals surface area contributed by atoms with Crippen LogP contribution in [0, 0.1) is 23.2 Å². The maximum atomic E-state index is 11.9. The van der Waals surface area contributed by atoms with Gasteiger partial charge in [-0.1, -0.05) is 48.7 Å². The van der Waals surface area contributed by atoms with Crippen LogP contribution in [0.5, 0.6) is 0 Å². The minimum Gasteiger partial charge on any atom is -0.322 e. The van der Waals surface area contributed by atoms with Crippen molar-refractivity contribution in [2.45, 2.75) is 13.8 Å². The van der Waals surface area contributed by atoms with E-state index in [0.29, 0.717) is 5.02 Å². The predicted octanol–water partition coefficient (Wildman–Crippen LogP) is 4.38. The molecule has 1 atom stereocenters. The number of nitriles is 1. The van der Waals surface area contributed by atoms with Gasteiger partial charge < -0.3 is 5.32 Å². The highest BCUT2D eigenvalue weighted by Gasteiger charge is 2.23. The smallest absolute Gasteiger partial charge is 0.242 e. The van der Waals surface area contributed by atoms with Gasteiger partial charge in [-0.05, 0) is 18.1 Å². The Morgan fingerprint density at radius 1 is 1.28 bits per heavy atom. The molecule has 0 aliphatic rings. The predicted molar refractivity (Wildman–Crippen MR) is 74.0 cm³/mol. The lowest BCUT2D eigenvalue weighted by Gasteiger charge is -2.15. The summed E-state index contributed by atoms with van der Waals surface area (Å²) in [5, 5.41) is 12.3. The normalized spacial score (nSPS) is 12.1. The van der Waals surface area contributed by atoms with Crippen molar-refractivity contribution < 1.29 is 4.79 Å². The number of halogens is 3. The Bertz CT molecular complexity index is 486. The van der Waals surface area contributed by atoms with E-state index in [1.807, 2.05) is 6.07 Å². The van der Waals surface area contributed by atoms with E-state index in [9.17, 15) is 4.79 Å². The summed E-state index contributed by atoms with van der Waals surface area (Å²) in [5.41, 5.74) is 0.272. The molecule has 0 saturated carbocycles. The molecule has 3 nitrogen and oxygen atoms in total. The summed E-state index contributed by atoms with van der Waals surface area (Å²) in [4.78, 5) is 11.9. The molecule has 1 aromatic rings. The van der Waals surface area contributed by atoms with E-state index < -0.39 is 11.8 Å². The maximum Gasteiger partial charge on any atom is 0.242 e. The Morgan fingerprint density at radius 3 is 2.17 bits per heavy atom. The number of carbonyl (C=O) groups excluding carboxylic acids is 1. The summed E-state index contributed by atoms with van der Waals surface area (Å²) in [6, 6.07) is 4.89. The van der Waals surface area contributed by atoms with Crippen molar-refractivity contribution in [3.05, 3.63) is 27.2 Å². The third-order valence-corrected chi connectivity index (χ3v) is 3.16. The summed E-state index contributed by atoms with van der Waals surface area (Å²) >= 11 is 17.6. The zero-order valence-corrected chi connectivity index (χ0v) is 12.1. The highest BCUT2D eigenvalue weighted by Crippen LogP contribution is 2.34. The summed E-state index contributed by atoms with van der Waals surface area (Å²) in [6.07, 6.45) is 0. The molecule has 0 aromatic heterocycles. The van der Waals surface area contributed by atoms with Gasteiger partial charge in [-0.15, -0.1) is 0 Å². The SMILES string of the molecule is CC(C)C(C#N)C(=O)Nc1c(Cl)cc(Cl)cc1Cl. The Labute approximate surface area is 121 Å². The van der Waals surface area contributed by atoms with Crippen molar-refractivity contribution >= 4 is 46.4 Å². The third kappa shape index (κ3) is 3.52. The summed E-state index contributed by atoms with van der Waals surface area (Å²) in [6.45, 7) is 3.58. The van der Waals surface area contributed by atoms with Crippen molar-refractivity contribution in [2.24, 2.45) is 11.8 Å². The molecule has 1 amide bonds. The van der Waals surface area contributed by atoms with Crippen molar-refractivity contribution in [3.63, 3.8) is 0 Å². The van der Waals surface area contributed by atoms with Crippen LogP contribution in [0.25, 0.3) is 0 Å². The van der Waals surface area contributed by atoms with Crippen LogP contribution < -0.4 is 5.32 Å². The number of hydrogen-bond acceptors (Lipinski definition) is 2. The van der Waals surface area contributed by atoms with Crippen LogP contribution in [-0.2, 0) is 4.79 Å². The summed E-state index contributed by atoms with van der Waals surface area (Å²) in [5.74, 6) is -1.29. The maximum absolute atomic E-state index is 11.9. The Hall–Kier alpha value is -0.950. The van der Waals surface area contributed by atoms with Gasteiger partial charge in [0.2, 0.25) is 5.91 Å². The first-order chi connectivity index (χ1) is 8.36. The lowest BCUT2D eigenvalue weighted by atomic mass is 9.96. The number of amides is 1. The Balaban J connectivity index is 2.99. The molecule has 1 rings (SSSR count). The number of nitrogens with zero attached hydrogens (tertiary/aromatic N) is 1. The fourth-order valence-electron chi connectivity index (χ4n) is 1.37. The lowest BCUT2D eigenvalue weighted by molar-refractivity contribution is -0.119. The van der Waals surface area contributed by atoms with E-state index in [2.05, 4.69) is 5.32 Å². The van der Waals surface area contributed by atoms with Gasteiger partial charge in [0, 0.05) is 5.02 Å². The monoisotopic (exact) mass is 304 g/mol. The molecule has 6 heteroatoms. The van der Waals surface area contributed by atoms with E-state index >= 15 is 0 Å². The van der Waals surface area contributed by atoms with Gasteiger partial charge in [-0.25, -0.2) is 0 Å². The van der Waals surface area contributed by atoms with Crippen LogP contribution in [-0.4, -0.2) is 5.91 Å². The molecule has 0 spiro atoms. The van der Waals surface area contributed by atoms with Crippen LogP contribution in [0.4, 0.5) is 5.69 Å². The summed E-state index contributed by atoms with van der Waals surface area (Å²) in [7, 11) is 0. The Kier molecular flexibility index (Phi) is 5.28. The van der Waals surface area contributed by atoms with Gasteiger partial charge in [0.25, 0.3) is 0 Å². The molecule has 1 N–H and O–H groups in total. The molecule has 0 heterocycles. The average Bonchev–Trinajstić information content (AvgIpc) is 2.23. The van der Waals surface area contributed by atoms with Crippen molar-refractivity contribution in [2.75, 3.05) is 5.32 Å². The number of anilines is 1. The van der Waals surface area contributed by atoms with Crippen LogP contribution >= 0.6 is 34.8 Å². The molecular formula is C12H11Cl3N2O. The molecule has 0 aliphatic heterocycles. The molecule has 0 bridgehead atoms. The molecule has 1 aromatic carbocycles. The van der Waals surface area contributed by atoms with Gasteiger partial charge in [0.05, 0.1) is 21.8 Å². The first-order valence-electron chi connectivity index (χ1n) is 5.21. The molecule has 0 saturated heterocycles. The fraction of sp³-hybridized carbons (Fsp3) is 0.333. The van der Waals surface area contributed by atoms with Crippen LogP contribution in [0.2, 0.25) is 15.1 Å². The molecule has 96 valence electrons. The van der Waals surface area contributed by atoms with Gasteiger partial charge in [0.15, 0.2) is 0 Å². The molecule has 18 heavy (non-hydrogen) atoms. The molecular weight excluding hydrogens is 295 g/mol. The highest BCUT2D eigenvalue weighted by molar-refractivity contribution is 6.42. The minimum atomic E-state index is -0.757. The minimum absolute atomic E-state index is 0.0974. The van der Waals surface area contributed by atoms with E-state index in [4.69, 9.17) is 40.1 Å². The van der Waals surface area contributed by atoms with Crippen molar-refractivity contribution in [1.82, 2.24) is 0 Å². The number of rotatable bonds is 3. The van der Waals surface area contributed by atoms with Crippen LogP contribution in [0.3, 0.4) is 0 Å². The van der Waals surface area contributed by atoms with Crippen molar-refractivity contribution in [1.29, 1.82) is 5.26 Å². The first kappa shape index (κ1) is 15.1. The van der Waals surface area contributed by atoms with E-state index in [1.165, 1.54) is 12.1 Å². The number of carbonyl (C=O) groups is 1. The first-order valence-corrected chi connectivity index (χ1v) is 6.35. The standard InChI is InChI=1S/C12H11Cl3N2O/c1-6(2)8(5-16)12(18)17-11-9(14)3-7(13)4-10(11)15/h3-4,6,8H,1-2H3,(H,17,18). The third-order valence-electron chi connectivity index (χ3n) is 2.34. The molecule has 0 fully saturated rings. The van der Waals surface area contributed by atoms with Crippen molar-refractivity contribution in [3.8, 4) is 6.07 Å². The second kappa shape index (κ2) is 6.29. The zero-order chi connectivity index (χ0) is 13.9. The van der Waals surface area contributed by atoms with E-state index in [-0.39, 0.29) is 21.7 Å². The number of nitrogens with one attached hydrogen (secondary N) is 1. The van der Waals surface area contributed by atoms with Gasteiger partial charge in [0.1, 0.15) is 5.92 Å². The number of benzene rings is 1. The number of hydrogen-bond donors (Lipinski definition) is 1. The van der Waals surface area contributed by atoms with Gasteiger partial charge in [-0.2, -0.15) is 5.26 Å². The second-order valence-corrected chi connectivity index (χ2v) is 5.34. The highest BCUT2D eigenvalue weighted by atomic mass is 35.5. The topological polar surface area (TPSA) is 52.9 Å². The van der Waals surface area contributed by atoms with Crippen LogP contribution in [0.1, 0.15) is 13.8 Å². The fourth-order valence-corrected chi connectivity index (χ4v) is 2.28. The summed E-state index contributed by atoms with van der Waals surface area (Å²) < 4.78 is 0. The van der Waals surface area contributed by atoms with Gasteiger partial charge in [-0.3, -0.25) is 4.79 Å².